The highest BCUT2D eigenvalue weighted by Crippen LogP contribution is 1.98. The Morgan fingerprint density at radius 1 is 1.31 bits per heavy atom. The molecule has 0 bridgehead atoms. The molecule has 0 aliphatic carbocycles. The summed E-state index contributed by atoms with van der Waals surface area (Å²) in [6.45, 7) is 5.73. The smallest absolute Gasteiger partial charge is 0.307 e. The highest BCUT2D eigenvalue weighted by atomic mass is 32.2. The molecule has 5 nitrogen and oxygen atoms in total. The van der Waals surface area contributed by atoms with Crippen LogP contribution in [0.3, 0.4) is 0 Å². The fraction of sp³-hybridized carbons (Fsp3) is 0.900. The topological polar surface area (TPSA) is 72.5 Å². The lowest BCUT2D eigenvalue weighted by Gasteiger charge is -2.18. The molecule has 1 N–H and O–H groups in total. The van der Waals surface area contributed by atoms with Crippen molar-refractivity contribution in [2.24, 2.45) is 0 Å². The van der Waals surface area contributed by atoms with E-state index in [4.69, 9.17) is 4.74 Å². The van der Waals surface area contributed by atoms with E-state index in [9.17, 15) is 13.2 Å². The second-order valence-electron chi connectivity index (χ2n) is 4.07. The largest absolute Gasteiger partial charge is 0.466 e. The number of hydrogen-bond acceptors (Lipinski definition) is 5. The highest BCUT2D eigenvalue weighted by Gasteiger charge is 2.15. The zero-order valence-corrected chi connectivity index (χ0v) is 11.1. The monoisotopic (exact) mass is 251 g/mol. The molecule has 2 atom stereocenters. The molecule has 2 unspecified atom stereocenters. The zero-order valence-electron chi connectivity index (χ0n) is 10.3. The van der Waals surface area contributed by atoms with Gasteiger partial charge in [-0.1, -0.05) is 0 Å². The molecule has 0 fully saturated rings. The van der Waals surface area contributed by atoms with Crippen molar-refractivity contribution in [1.29, 1.82) is 0 Å². The van der Waals surface area contributed by atoms with Gasteiger partial charge >= 0.3 is 5.97 Å². The van der Waals surface area contributed by atoms with Crippen LogP contribution in [-0.2, 0) is 19.4 Å². The van der Waals surface area contributed by atoms with Gasteiger partial charge in [-0.05, 0) is 20.8 Å². The van der Waals surface area contributed by atoms with E-state index in [2.05, 4.69) is 5.32 Å². The van der Waals surface area contributed by atoms with Gasteiger partial charge < -0.3 is 10.1 Å². The van der Waals surface area contributed by atoms with Gasteiger partial charge in [0.2, 0.25) is 0 Å². The standard InChI is InChI=1S/C10H21NO4S/c1-5-15-10(12)6-8(2)11-9(3)7-16(4,13)14/h8-9,11H,5-7H2,1-4H3. The molecule has 6 heteroatoms. The van der Waals surface area contributed by atoms with Crippen LogP contribution in [0.15, 0.2) is 0 Å². The van der Waals surface area contributed by atoms with Gasteiger partial charge in [0, 0.05) is 18.3 Å². The molecule has 0 spiro atoms. The molecule has 0 aromatic rings. The molecule has 0 aliphatic rings. The van der Waals surface area contributed by atoms with Crippen LogP contribution in [0, 0.1) is 0 Å². The molecule has 0 rings (SSSR count). The van der Waals surface area contributed by atoms with Crippen LogP contribution in [0.1, 0.15) is 27.2 Å². The first-order valence-corrected chi connectivity index (χ1v) is 7.40. The number of carbonyl (C=O) groups excluding carboxylic acids is 1. The number of carbonyl (C=O) groups is 1. The Hall–Kier alpha value is -0.620. The van der Waals surface area contributed by atoms with Crippen molar-refractivity contribution in [2.75, 3.05) is 18.6 Å². The average molecular weight is 251 g/mol. The van der Waals surface area contributed by atoms with E-state index in [1.165, 1.54) is 6.26 Å². The van der Waals surface area contributed by atoms with Crippen LogP contribution in [0.25, 0.3) is 0 Å². The SMILES string of the molecule is CCOC(=O)CC(C)NC(C)CS(C)(=O)=O. The molecule has 0 aromatic heterocycles. The Balaban J connectivity index is 3.95. The van der Waals surface area contributed by atoms with Crippen molar-refractivity contribution < 1.29 is 17.9 Å². The van der Waals surface area contributed by atoms with Gasteiger partial charge in [0.05, 0.1) is 18.8 Å². The molecule has 0 radical (unpaired) electrons. The third kappa shape index (κ3) is 8.67. The molecule has 96 valence electrons. The van der Waals surface area contributed by atoms with Gasteiger partial charge in [0.25, 0.3) is 0 Å². The Labute approximate surface area is 97.5 Å². The minimum atomic E-state index is -2.99. The summed E-state index contributed by atoms with van der Waals surface area (Å²) in [7, 11) is -2.99. The van der Waals surface area contributed by atoms with Crippen LogP contribution in [-0.4, -0.2) is 45.1 Å². The van der Waals surface area contributed by atoms with Crippen molar-refractivity contribution in [3.63, 3.8) is 0 Å². The van der Waals surface area contributed by atoms with Crippen LogP contribution in [0.4, 0.5) is 0 Å². The van der Waals surface area contributed by atoms with Gasteiger partial charge in [-0.25, -0.2) is 8.42 Å². The van der Waals surface area contributed by atoms with Gasteiger partial charge in [-0.15, -0.1) is 0 Å². The predicted molar refractivity (Wildman–Crippen MR) is 63.0 cm³/mol. The van der Waals surface area contributed by atoms with Crippen LogP contribution >= 0.6 is 0 Å². The molecule has 0 amide bonds. The number of sulfone groups is 1. The number of rotatable bonds is 7. The van der Waals surface area contributed by atoms with E-state index in [-0.39, 0.29) is 30.2 Å². The van der Waals surface area contributed by atoms with E-state index in [0.717, 1.165) is 0 Å². The predicted octanol–water partition coefficient (Wildman–Crippen LogP) is 0.351. The van der Waals surface area contributed by atoms with E-state index in [1.54, 1.807) is 13.8 Å². The minimum Gasteiger partial charge on any atom is -0.466 e. The second-order valence-corrected chi connectivity index (χ2v) is 6.26. The maximum atomic E-state index is 11.1. The Kier molecular flexibility index (Phi) is 6.59. The summed E-state index contributed by atoms with van der Waals surface area (Å²) >= 11 is 0. The molecule has 16 heavy (non-hydrogen) atoms. The molecule has 0 saturated heterocycles. The number of nitrogens with one attached hydrogen (secondary N) is 1. The number of hydrogen-bond donors (Lipinski definition) is 1. The Morgan fingerprint density at radius 2 is 1.88 bits per heavy atom. The summed E-state index contributed by atoms with van der Waals surface area (Å²) < 4.78 is 26.8. The maximum absolute atomic E-state index is 11.1. The van der Waals surface area contributed by atoms with Crippen molar-refractivity contribution in [2.45, 2.75) is 39.3 Å². The first-order chi connectivity index (χ1) is 7.24. The van der Waals surface area contributed by atoms with E-state index in [0.29, 0.717) is 6.61 Å². The van der Waals surface area contributed by atoms with Crippen molar-refractivity contribution in [3.05, 3.63) is 0 Å². The van der Waals surface area contributed by atoms with E-state index in [1.807, 2.05) is 6.92 Å². The van der Waals surface area contributed by atoms with Gasteiger partial charge in [0.15, 0.2) is 0 Å². The highest BCUT2D eigenvalue weighted by molar-refractivity contribution is 7.90. The lowest BCUT2D eigenvalue weighted by molar-refractivity contribution is -0.143. The molecule has 0 heterocycles. The first-order valence-electron chi connectivity index (χ1n) is 5.34. The van der Waals surface area contributed by atoms with Crippen molar-refractivity contribution in [3.8, 4) is 0 Å². The van der Waals surface area contributed by atoms with Gasteiger partial charge in [-0.3, -0.25) is 4.79 Å². The van der Waals surface area contributed by atoms with Crippen LogP contribution in [0.5, 0.6) is 0 Å². The molecule has 0 aromatic carbocycles. The van der Waals surface area contributed by atoms with Crippen LogP contribution < -0.4 is 5.32 Å². The van der Waals surface area contributed by atoms with Gasteiger partial charge in [-0.2, -0.15) is 0 Å². The van der Waals surface area contributed by atoms with Crippen molar-refractivity contribution >= 4 is 15.8 Å². The summed E-state index contributed by atoms with van der Waals surface area (Å²) in [5, 5.41) is 3.05. The number of ether oxygens (including phenoxy) is 1. The molecular weight excluding hydrogens is 230 g/mol. The number of esters is 1. The summed E-state index contributed by atoms with van der Waals surface area (Å²) in [4.78, 5) is 11.1. The van der Waals surface area contributed by atoms with Crippen molar-refractivity contribution in [1.82, 2.24) is 5.32 Å². The average Bonchev–Trinajstić information content (AvgIpc) is 1.98. The molecule has 0 saturated carbocycles. The second kappa shape index (κ2) is 6.85. The summed E-state index contributed by atoms with van der Waals surface area (Å²) in [6.07, 6.45) is 1.45. The maximum Gasteiger partial charge on any atom is 0.307 e. The lowest BCUT2D eigenvalue weighted by atomic mass is 10.2. The Bertz CT molecular complexity index is 313. The quantitative estimate of drug-likeness (QED) is 0.661. The molecule has 0 aliphatic heterocycles. The third-order valence-electron chi connectivity index (χ3n) is 1.90. The van der Waals surface area contributed by atoms with E-state index < -0.39 is 9.84 Å². The Morgan fingerprint density at radius 3 is 2.31 bits per heavy atom. The summed E-state index contributed by atoms with van der Waals surface area (Å²) in [5.74, 6) is -0.200. The van der Waals surface area contributed by atoms with Gasteiger partial charge in [0.1, 0.15) is 9.84 Å². The fourth-order valence-electron chi connectivity index (χ4n) is 1.52. The first kappa shape index (κ1) is 15.4. The summed E-state index contributed by atoms with van der Waals surface area (Å²) in [5.41, 5.74) is 0. The fourth-order valence-corrected chi connectivity index (χ4v) is 2.52. The third-order valence-corrected chi connectivity index (χ3v) is 3.01. The zero-order chi connectivity index (χ0) is 12.8. The summed E-state index contributed by atoms with van der Waals surface area (Å²) in [6, 6.07) is -0.254. The minimum absolute atomic E-state index is 0.0696. The lowest BCUT2D eigenvalue weighted by Crippen LogP contribution is -2.40. The molecular formula is C10H21NO4S. The van der Waals surface area contributed by atoms with Crippen LogP contribution in [0.2, 0.25) is 0 Å². The van der Waals surface area contributed by atoms with E-state index >= 15 is 0 Å². The normalized spacial score (nSPS) is 15.5.